The minimum absolute atomic E-state index is 0.128. The van der Waals surface area contributed by atoms with Crippen molar-refractivity contribution in [2.24, 2.45) is 5.92 Å². The molecular weight excluding hydrogens is 466 g/mol. The minimum Gasteiger partial charge on any atom is -0.508 e. The second-order valence-corrected chi connectivity index (χ2v) is 10.2. The SMILES string of the molecule is COc1ccc2c(c1)OCCC1=C2[C@H](C2C=CC(OCCN3CCCCC3)=CC2)Oc2cc(O)ccc21. The number of rotatable bonds is 6. The molecule has 37 heavy (non-hydrogen) atoms. The lowest BCUT2D eigenvalue weighted by Gasteiger charge is -2.35. The van der Waals surface area contributed by atoms with E-state index in [-0.39, 0.29) is 17.8 Å². The topological polar surface area (TPSA) is 60.4 Å². The first kappa shape index (κ1) is 24.0. The van der Waals surface area contributed by atoms with Crippen LogP contribution in [-0.4, -0.2) is 56.1 Å². The lowest BCUT2D eigenvalue weighted by Crippen LogP contribution is -2.33. The number of nitrogens with zero attached hydrogens (tertiary/aromatic N) is 1. The third-order valence-corrected chi connectivity index (χ3v) is 7.86. The minimum atomic E-state index is -0.208. The summed E-state index contributed by atoms with van der Waals surface area (Å²) in [6, 6.07) is 11.4. The first-order valence-corrected chi connectivity index (χ1v) is 13.5. The van der Waals surface area contributed by atoms with Crippen LogP contribution in [0.2, 0.25) is 0 Å². The van der Waals surface area contributed by atoms with Gasteiger partial charge in [-0.15, -0.1) is 0 Å². The molecular formula is C31H35NO5. The molecule has 2 aromatic carbocycles. The van der Waals surface area contributed by atoms with Crippen molar-refractivity contribution in [3.05, 3.63) is 71.5 Å². The number of hydrogen-bond acceptors (Lipinski definition) is 6. The number of benzene rings is 2. The van der Waals surface area contributed by atoms with Gasteiger partial charge in [-0.25, -0.2) is 0 Å². The normalized spacial score (nSPS) is 23.0. The summed E-state index contributed by atoms with van der Waals surface area (Å²) in [5, 5.41) is 10.2. The Kier molecular flexibility index (Phi) is 6.83. The van der Waals surface area contributed by atoms with Crippen LogP contribution in [0.4, 0.5) is 0 Å². The highest BCUT2D eigenvalue weighted by Gasteiger charge is 2.37. The summed E-state index contributed by atoms with van der Waals surface area (Å²) in [5.41, 5.74) is 4.44. The van der Waals surface area contributed by atoms with E-state index in [2.05, 4.69) is 29.2 Å². The summed E-state index contributed by atoms with van der Waals surface area (Å²) in [5.74, 6) is 3.58. The van der Waals surface area contributed by atoms with Crippen LogP contribution in [0, 0.1) is 5.92 Å². The molecule has 1 unspecified atom stereocenters. The fourth-order valence-electron chi connectivity index (χ4n) is 5.92. The molecule has 1 fully saturated rings. The van der Waals surface area contributed by atoms with Crippen molar-refractivity contribution in [2.75, 3.05) is 40.0 Å². The van der Waals surface area contributed by atoms with Gasteiger partial charge in [0, 0.05) is 47.7 Å². The highest BCUT2D eigenvalue weighted by Crippen LogP contribution is 2.49. The van der Waals surface area contributed by atoms with Crippen molar-refractivity contribution in [1.29, 1.82) is 0 Å². The summed E-state index contributed by atoms with van der Waals surface area (Å²) in [7, 11) is 1.67. The van der Waals surface area contributed by atoms with Crippen LogP contribution in [0.5, 0.6) is 23.0 Å². The van der Waals surface area contributed by atoms with E-state index in [1.807, 2.05) is 18.2 Å². The average Bonchev–Trinajstić information content (AvgIpc) is 3.13. The summed E-state index contributed by atoms with van der Waals surface area (Å²) < 4.78 is 24.4. The predicted octanol–water partition coefficient (Wildman–Crippen LogP) is 5.82. The molecule has 6 nitrogen and oxygen atoms in total. The van der Waals surface area contributed by atoms with Gasteiger partial charge in [-0.2, -0.15) is 0 Å². The monoisotopic (exact) mass is 501 g/mol. The van der Waals surface area contributed by atoms with Crippen LogP contribution >= 0.6 is 0 Å². The zero-order valence-corrected chi connectivity index (χ0v) is 21.4. The van der Waals surface area contributed by atoms with Gasteiger partial charge in [0.2, 0.25) is 0 Å². The molecule has 1 saturated heterocycles. The molecule has 0 amide bonds. The van der Waals surface area contributed by atoms with E-state index in [9.17, 15) is 5.11 Å². The fourth-order valence-corrected chi connectivity index (χ4v) is 5.92. The number of phenolic OH excluding ortho intramolecular Hbond substituents is 1. The van der Waals surface area contributed by atoms with Crippen LogP contribution in [0.25, 0.3) is 11.1 Å². The van der Waals surface area contributed by atoms with Gasteiger partial charge in [0.25, 0.3) is 0 Å². The Bertz CT molecular complexity index is 1240. The van der Waals surface area contributed by atoms with E-state index >= 15 is 0 Å². The number of likely N-dealkylation sites (tertiary alicyclic amines) is 1. The maximum absolute atomic E-state index is 10.2. The summed E-state index contributed by atoms with van der Waals surface area (Å²) in [6.07, 6.45) is 11.8. The van der Waals surface area contributed by atoms with Gasteiger partial charge in [0.05, 0.1) is 13.7 Å². The smallest absolute Gasteiger partial charge is 0.131 e. The zero-order chi connectivity index (χ0) is 25.2. The van der Waals surface area contributed by atoms with Gasteiger partial charge in [-0.1, -0.05) is 12.5 Å². The Morgan fingerprint density at radius 1 is 1.03 bits per heavy atom. The lowest BCUT2D eigenvalue weighted by molar-refractivity contribution is 0.146. The van der Waals surface area contributed by atoms with E-state index in [0.29, 0.717) is 6.61 Å². The van der Waals surface area contributed by atoms with Gasteiger partial charge >= 0.3 is 0 Å². The molecule has 2 atom stereocenters. The van der Waals surface area contributed by atoms with Crippen LogP contribution in [-0.2, 0) is 4.74 Å². The molecule has 3 heterocycles. The predicted molar refractivity (Wildman–Crippen MR) is 144 cm³/mol. The first-order valence-electron chi connectivity index (χ1n) is 13.5. The molecule has 0 radical (unpaired) electrons. The molecule has 4 aliphatic rings. The summed E-state index contributed by atoms with van der Waals surface area (Å²) in [4.78, 5) is 2.50. The van der Waals surface area contributed by atoms with E-state index in [1.165, 1.54) is 37.9 Å². The highest BCUT2D eigenvalue weighted by molar-refractivity contribution is 5.98. The third-order valence-electron chi connectivity index (χ3n) is 7.86. The largest absolute Gasteiger partial charge is 0.508 e. The van der Waals surface area contributed by atoms with Crippen LogP contribution in [0.1, 0.15) is 43.2 Å². The summed E-state index contributed by atoms with van der Waals surface area (Å²) >= 11 is 0. The molecule has 0 aromatic heterocycles. The van der Waals surface area contributed by atoms with E-state index in [4.69, 9.17) is 18.9 Å². The van der Waals surface area contributed by atoms with Crippen molar-refractivity contribution < 1.29 is 24.1 Å². The molecule has 3 aliphatic heterocycles. The maximum atomic E-state index is 10.2. The quantitative estimate of drug-likeness (QED) is 0.539. The number of aromatic hydroxyl groups is 1. The van der Waals surface area contributed by atoms with Crippen molar-refractivity contribution in [3.63, 3.8) is 0 Å². The maximum Gasteiger partial charge on any atom is 0.131 e. The molecule has 0 saturated carbocycles. The van der Waals surface area contributed by atoms with Crippen molar-refractivity contribution in [3.8, 4) is 23.0 Å². The molecule has 6 heteroatoms. The number of ether oxygens (including phenoxy) is 4. The number of phenols is 1. The number of methoxy groups -OCH3 is 1. The average molecular weight is 502 g/mol. The van der Waals surface area contributed by atoms with E-state index in [0.717, 1.165) is 65.7 Å². The van der Waals surface area contributed by atoms with Crippen LogP contribution in [0.15, 0.2) is 60.4 Å². The number of piperidine rings is 1. The Morgan fingerprint density at radius 3 is 2.70 bits per heavy atom. The van der Waals surface area contributed by atoms with Gasteiger partial charge in [-0.3, -0.25) is 4.90 Å². The number of allylic oxidation sites excluding steroid dienone is 2. The van der Waals surface area contributed by atoms with Crippen LogP contribution < -0.4 is 14.2 Å². The second-order valence-electron chi connectivity index (χ2n) is 10.2. The van der Waals surface area contributed by atoms with Gasteiger partial charge in [-0.05, 0) is 74.3 Å². The second kappa shape index (κ2) is 10.5. The molecule has 194 valence electrons. The van der Waals surface area contributed by atoms with E-state index in [1.54, 1.807) is 19.2 Å². The lowest BCUT2D eigenvalue weighted by atomic mass is 9.80. The van der Waals surface area contributed by atoms with Gasteiger partial charge < -0.3 is 24.1 Å². The zero-order valence-electron chi connectivity index (χ0n) is 21.4. The number of hydrogen-bond donors (Lipinski definition) is 1. The first-order chi connectivity index (χ1) is 18.2. The van der Waals surface area contributed by atoms with E-state index < -0.39 is 0 Å². The molecule has 0 bridgehead atoms. The Morgan fingerprint density at radius 2 is 1.89 bits per heavy atom. The molecule has 2 aromatic rings. The number of fused-ring (bicyclic) bond motifs is 4. The molecule has 1 aliphatic carbocycles. The molecule has 1 N–H and O–H groups in total. The van der Waals surface area contributed by atoms with Crippen molar-refractivity contribution in [1.82, 2.24) is 4.90 Å². The Balaban J connectivity index is 1.26. The van der Waals surface area contributed by atoms with Gasteiger partial charge in [0.15, 0.2) is 0 Å². The van der Waals surface area contributed by atoms with Crippen molar-refractivity contribution >= 4 is 11.1 Å². The standard InChI is InChI=1S/C31H35NO5/c1-34-24-10-12-27-28(20-24)36-17-13-26-25-11-7-22(33)19-29(25)37-31(30(26)27)21-5-8-23(9-6-21)35-18-16-32-14-3-2-4-15-32/h5,7-12,19-21,31,33H,2-4,6,13-18H2,1H3/t21?,31-/m0/s1. The highest BCUT2D eigenvalue weighted by atomic mass is 16.5. The Hall–Kier alpha value is -3.38. The Labute approximate surface area is 218 Å². The van der Waals surface area contributed by atoms with Crippen molar-refractivity contribution in [2.45, 2.75) is 38.2 Å². The summed E-state index contributed by atoms with van der Waals surface area (Å²) in [6.45, 7) is 4.64. The molecule has 6 rings (SSSR count). The van der Waals surface area contributed by atoms with Gasteiger partial charge in [0.1, 0.15) is 41.5 Å². The fraction of sp³-hybridized carbons (Fsp3) is 0.419. The molecule has 0 spiro atoms. The third kappa shape index (κ3) is 4.95. The van der Waals surface area contributed by atoms with Crippen LogP contribution in [0.3, 0.4) is 0 Å².